The Morgan fingerprint density at radius 2 is 1.64 bits per heavy atom. The van der Waals surface area contributed by atoms with E-state index in [1.54, 1.807) is 0 Å². The molecule has 25 heavy (non-hydrogen) atoms. The lowest BCUT2D eigenvalue weighted by molar-refractivity contribution is -0.301. The maximum Gasteiger partial charge on any atom is 0.116 e. The molecular formula is C20H13N2O2S-. The molecule has 0 spiro atoms. The predicted molar refractivity (Wildman–Crippen MR) is 95.6 cm³/mol. The summed E-state index contributed by atoms with van der Waals surface area (Å²) in [6, 6.07) is 23.1. The van der Waals surface area contributed by atoms with Crippen LogP contribution in [0.25, 0.3) is 22.4 Å². The van der Waals surface area contributed by atoms with Crippen molar-refractivity contribution in [1.29, 1.82) is 5.26 Å². The Bertz CT molecular complexity index is 935. The number of aliphatic carboxylic acids is 1. The normalized spacial score (nSPS) is 10.2. The van der Waals surface area contributed by atoms with Crippen molar-refractivity contribution in [2.24, 2.45) is 0 Å². The molecule has 0 radical (unpaired) electrons. The molecule has 4 nitrogen and oxygen atoms in total. The Balaban J connectivity index is 2.20. The maximum atomic E-state index is 10.8. The molecule has 1 heterocycles. The quantitative estimate of drug-likeness (QED) is 0.664. The van der Waals surface area contributed by atoms with Crippen LogP contribution in [0.3, 0.4) is 0 Å². The van der Waals surface area contributed by atoms with Crippen molar-refractivity contribution in [3.8, 4) is 28.5 Å². The minimum absolute atomic E-state index is 0.256. The van der Waals surface area contributed by atoms with E-state index in [1.165, 1.54) is 0 Å². The molecule has 0 fully saturated rings. The first kappa shape index (κ1) is 16.7. The first-order valence-corrected chi connectivity index (χ1v) is 8.56. The summed E-state index contributed by atoms with van der Waals surface area (Å²) in [7, 11) is 0. The van der Waals surface area contributed by atoms with Crippen molar-refractivity contribution >= 4 is 17.7 Å². The van der Waals surface area contributed by atoms with Crippen LogP contribution in [0.15, 0.2) is 71.8 Å². The van der Waals surface area contributed by atoms with Crippen LogP contribution in [0.2, 0.25) is 0 Å². The summed E-state index contributed by atoms with van der Waals surface area (Å²) in [5.41, 5.74) is 3.59. The van der Waals surface area contributed by atoms with Crippen LogP contribution in [-0.4, -0.2) is 16.7 Å². The highest BCUT2D eigenvalue weighted by Gasteiger charge is 2.15. The van der Waals surface area contributed by atoms with Crippen LogP contribution in [0.1, 0.15) is 5.56 Å². The minimum atomic E-state index is -1.19. The zero-order chi connectivity index (χ0) is 17.6. The van der Waals surface area contributed by atoms with Gasteiger partial charge in [-0.2, -0.15) is 5.26 Å². The van der Waals surface area contributed by atoms with Crippen molar-refractivity contribution in [3.63, 3.8) is 0 Å². The number of aromatic nitrogens is 1. The van der Waals surface area contributed by atoms with E-state index in [0.29, 0.717) is 16.3 Å². The molecule has 122 valence electrons. The number of nitrogens with zero attached hydrogens (tertiary/aromatic N) is 2. The zero-order valence-electron chi connectivity index (χ0n) is 13.2. The summed E-state index contributed by atoms with van der Waals surface area (Å²) in [4.78, 5) is 15.4. The number of carbonyl (C=O) groups excluding carboxylic acids is 1. The van der Waals surface area contributed by atoms with Crippen molar-refractivity contribution in [3.05, 3.63) is 72.3 Å². The first-order valence-electron chi connectivity index (χ1n) is 7.57. The van der Waals surface area contributed by atoms with Crippen molar-refractivity contribution < 1.29 is 9.90 Å². The Morgan fingerprint density at radius 1 is 1.04 bits per heavy atom. The molecule has 0 unspecified atom stereocenters. The summed E-state index contributed by atoms with van der Waals surface area (Å²) in [6.45, 7) is 0. The van der Waals surface area contributed by atoms with Gasteiger partial charge in [-0.25, -0.2) is 4.98 Å². The number of hydrogen-bond acceptors (Lipinski definition) is 5. The smallest absolute Gasteiger partial charge is 0.116 e. The molecule has 0 saturated heterocycles. The summed E-state index contributed by atoms with van der Waals surface area (Å²) in [5, 5.41) is 20.9. The van der Waals surface area contributed by atoms with E-state index in [9.17, 15) is 15.2 Å². The fourth-order valence-corrected chi connectivity index (χ4v) is 3.18. The number of thioether (sulfide) groups is 1. The number of carbonyl (C=O) groups is 1. The predicted octanol–water partition coefficient (Wildman–Crippen LogP) is 3.13. The Hall–Kier alpha value is -3.10. The lowest BCUT2D eigenvalue weighted by Gasteiger charge is -2.12. The number of carboxylic acid groups (broad SMARTS) is 1. The summed E-state index contributed by atoms with van der Waals surface area (Å²) < 4.78 is 0. The molecule has 0 saturated carbocycles. The summed E-state index contributed by atoms with van der Waals surface area (Å²) >= 11 is 1.00. The second kappa shape index (κ2) is 7.65. The molecule has 3 aromatic rings. The molecule has 0 amide bonds. The SMILES string of the molecule is N#Cc1c(-c2ccccc2)cc(-c2ccccc2)nc1SCC(=O)[O-]. The van der Waals surface area contributed by atoms with E-state index in [0.717, 1.165) is 28.5 Å². The lowest BCUT2D eigenvalue weighted by Crippen LogP contribution is -2.24. The molecule has 0 N–H and O–H groups in total. The zero-order valence-corrected chi connectivity index (χ0v) is 14.0. The Labute approximate surface area is 149 Å². The number of pyridine rings is 1. The van der Waals surface area contributed by atoms with E-state index < -0.39 is 5.97 Å². The van der Waals surface area contributed by atoms with E-state index in [4.69, 9.17) is 0 Å². The van der Waals surface area contributed by atoms with Gasteiger partial charge in [-0.3, -0.25) is 0 Å². The van der Waals surface area contributed by atoms with Gasteiger partial charge in [0.05, 0.1) is 17.2 Å². The number of benzene rings is 2. The Morgan fingerprint density at radius 3 is 2.20 bits per heavy atom. The van der Waals surface area contributed by atoms with Gasteiger partial charge in [0.15, 0.2) is 0 Å². The van der Waals surface area contributed by atoms with Crippen LogP contribution in [-0.2, 0) is 4.79 Å². The van der Waals surface area contributed by atoms with Gasteiger partial charge < -0.3 is 9.90 Å². The fourth-order valence-electron chi connectivity index (χ4n) is 2.46. The molecular weight excluding hydrogens is 332 g/mol. The van der Waals surface area contributed by atoms with Gasteiger partial charge in [-0.1, -0.05) is 72.4 Å². The average Bonchev–Trinajstić information content (AvgIpc) is 2.67. The Kier molecular flexibility index (Phi) is 5.12. The third-order valence-electron chi connectivity index (χ3n) is 3.58. The molecule has 0 aliphatic heterocycles. The van der Waals surface area contributed by atoms with Crippen LogP contribution < -0.4 is 5.11 Å². The molecule has 3 rings (SSSR count). The number of rotatable bonds is 5. The van der Waals surface area contributed by atoms with Crippen LogP contribution in [0.5, 0.6) is 0 Å². The average molecular weight is 345 g/mol. The second-order valence-electron chi connectivity index (χ2n) is 5.24. The summed E-state index contributed by atoms with van der Waals surface area (Å²) in [5.74, 6) is -1.45. The summed E-state index contributed by atoms with van der Waals surface area (Å²) in [6.07, 6.45) is 0. The topological polar surface area (TPSA) is 76.8 Å². The van der Waals surface area contributed by atoms with E-state index in [1.807, 2.05) is 66.7 Å². The number of hydrogen-bond donors (Lipinski definition) is 0. The molecule has 1 aromatic heterocycles. The highest BCUT2D eigenvalue weighted by molar-refractivity contribution is 7.99. The van der Waals surface area contributed by atoms with Gasteiger partial charge in [0.1, 0.15) is 11.1 Å². The standard InChI is InChI=1S/C20H14N2O2S/c21-12-17-16(14-7-3-1-4-8-14)11-18(15-9-5-2-6-10-15)22-20(17)25-13-19(23)24/h1-11H,13H2,(H,23,24)/p-1. The van der Waals surface area contributed by atoms with E-state index in [-0.39, 0.29) is 5.75 Å². The van der Waals surface area contributed by atoms with Gasteiger partial charge in [-0.15, -0.1) is 0 Å². The van der Waals surface area contributed by atoms with Crippen molar-refractivity contribution in [2.75, 3.05) is 5.75 Å². The van der Waals surface area contributed by atoms with Crippen molar-refractivity contribution in [2.45, 2.75) is 5.03 Å². The number of nitriles is 1. The molecule has 0 atom stereocenters. The first-order chi connectivity index (χ1) is 12.2. The van der Waals surface area contributed by atoms with Gasteiger partial charge in [0, 0.05) is 16.9 Å². The third kappa shape index (κ3) is 3.87. The largest absolute Gasteiger partial charge is 0.549 e. The van der Waals surface area contributed by atoms with Gasteiger partial charge in [0.2, 0.25) is 0 Å². The molecule has 0 aliphatic rings. The van der Waals surface area contributed by atoms with E-state index in [2.05, 4.69) is 11.1 Å². The highest BCUT2D eigenvalue weighted by atomic mass is 32.2. The maximum absolute atomic E-state index is 10.8. The highest BCUT2D eigenvalue weighted by Crippen LogP contribution is 2.33. The van der Waals surface area contributed by atoms with Crippen LogP contribution in [0, 0.1) is 11.3 Å². The van der Waals surface area contributed by atoms with E-state index >= 15 is 0 Å². The minimum Gasteiger partial charge on any atom is -0.549 e. The molecule has 0 bridgehead atoms. The van der Waals surface area contributed by atoms with Crippen LogP contribution >= 0.6 is 11.8 Å². The van der Waals surface area contributed by atoms with Crippen LogP contribution in [0.4, 0.5) is 0 Å². The lowest BCUT2D eigenvalue weighted by atomic mass is 9.99. The molecule has 2 aromatic carbocycles. The molecule has 0 aliphatic carbocycles. The second-order valence-corrected chi connectivity index (χ2v) is 6.20. The van der Waals surface area contributed by atoms with Gasteiger partial charge in [-0.05, 0) is 11.6 Å². The third-order valence-corrected chi connectivity index (χ3v) is 4.53. The number of carboxylic acids is 1. The fraction of sp³-hybridized carbons (Fsp3) is 0.0500. The molecule has 5 heteroatoms. The van der Waals surface area contributed by atoms with Crippen molar-refractivity contribution in [1.82, 2.24) is 4.98 Å². The van der Waals surface area contributed by atoms with Gasteiger partial charge in [0.25, 0.3) is 0 Å². The monoisotopic (exact) mass is 345 g/mol. The van der Waals surface area contributed by atoms with Gasteiger partial charge >= 0.3 is 0 Å².